The van der Waals surface area contributed by atoms with Gasteiger partial charge in [-0.25, -0.2) is 0 Å². The van der Waals surface area contributed by atoms with Crippen LogP contribution in [0.1, 0.15) is 20.8 Å². The molecule has 0 radical (unpaired) electrons. The van der Waals surface area contributed by atoms with E-state index in [4.69, 9.17) is 10.8 Å². The van der Waals surface area contributed by atoms with Gasteiger partial charge in [0, 0.05) is 0 Å². The molecule has 0 aromatic carbocycles. The van der Waals surface area contributed by atoms with E-state index in [1.165, 1.54) is 0 Å². The largest absolute Gasteiger partial charge is 0.301 e. The lowest BCUT2D eigenvalue weighted by molar-refractivity contribution is 0.525. The van der Waals surface area contributed by atoms with Gasteiger partial charge in [0.15, 0.2) is 0 Å². The molecule has 0 aliphatic heterocycles. The Kier molecular flexibility index (Phi) is 2.01. The van der Waals surface area contributed by atoms with E-state index in [1.54, 1.807) is 18.2 Å². The number of hydrogen-bond donors (Lipinski definition) is 2. The normalized spacial score (nSPS) is 18.1. The highest BCUT2D eigenvalue weighted by atomic mass is 14.5. The Morgan fingerprint density at radius 2 is 1.67 bits per heavy atom. The van der Waals surface area contributed by atoms with Crippen molar-refractivity contribution < 1.29 is 0 Å². The minimum Gasteiger partial charge on any atom is -0.301 e. The fraction of sp³-hybridized carbons (Fsp3) is 0.400. The number of allylic oxidation sites excluding steroid dienone is 4. The molecule has 1 aliphatic rings. The Morgan fingerprint density at radius 1 is 1.08 bits per heavy atom. The lowest BCUT2D eigenvalue weighted by atomic mass is 9.81. The summed E-state index contributed by atoms with van der Waals surface area (Å²) in [4.78, 5) is 0. The van der Waals surface area contributed by atoms with Crippen LogP contribution in [0, 0.1) is 16.2 Å². The molecule has 0 aromatic heterocycles. The van der Waals surface area contributed by atoms with Crippen LogP contribution in [0.4, 0.5) is 0 Å². The van der Waals surface area contributed by atoms with Crippen molar-refractivity contribution in [3.05, 3.63) is 23.8 Å². The predicted molar refractivity (Wildman–Crippen MR) is 52.1 cm³/mol. The summed E-state index contributed by atoms with van der Waals surface area (Å²) in [6, 6.07) is 0. The van der Waals surface area contributed by atoms with Gasteiger partial charge < -0.3 is 10.8 Å². The van der Waals surface area contributed by atoms with Gasteiger partial charge in [0.1, 0.15) is 0 Å². The molecule has 2 nitrogen and oxygen atoms in total. The fourth-order valence-electron chi connectivity index (χ4n) is 1.16. The molecule has 0 saturated heterocycles. The van der Waals surface area contributed by atoms with Gasteiger partial charge in [0.25, 0.3) is 0 Å². The van der Waals surface area contributed by atoms with Crippen LogP contribution in [0.15, 0.2) is 23.8 Å². The summed E-state index contributed by atoms with van der Waals surface area (Å²) in [6.45, 7) is 6.17. The van der Waals surface area contributed by atoms with Crippen molar-refractivity contribution in [3.63, 3.8) is 0 Å². The SMILES string of the molecule is CC(C)(C)C1=CC(=N)C=CC1=N. The van der Waals surface area contributed by atoms with E-state index in [1.807, 2.05) is 0 Å². The summed E-state index contributed by atoms with van der Waals surface area (Å²) < 4.78 is 0. The van der Waals surface area contributed by atoms with Gasteiger partial charge >= 0.3 is 0 Å². The molecule has 0 bridgehead atoms. The third-order valence-electron chi connectivity index (χ3n) is 1.83. The summed E-state index contributed by atoms with van der Waals surface area (Å²) in [5, 5.41) is 15.1. The van der Waals surface area contributed by atoms with Crippen LogP contribution in [0.2, 0.25) is 0 Å². The summed E-state index contributed by atoms with van der Waals surface area (Å²) in [7, 11) is 0. The van der Waals surface area contributed by atoms with Crippen LogP contribution in [-0.4, -0.2) is 11.4 Å². The molecule has 0 amide bonds. The van der Waals surface area contributed by atoms with E-state index >= 15 is 0 Å². The highest BCUT2D eigenvalue weighted by molar-refractivity contribution is 6.19. The first kappa shape index (κ1) is 8.91. The maximum Gasteiger partial charge on any atom is 0.0578 e. The molecule has 12 heavy (non-hydrogen) atoms. The average molecular weight is 162 g/mol. The lowest BCUT2D eigenvalue weighted by Gasteiger charge is -2.24. The van der Waals surface area contributed by atoms with Crippen LogP contribution in [0.5, 0.6) is 0 Å². The van der Waals surface area contributed by atoms with Gasteiger partial charge in [-0.05, 0) is 29.2 Å². The molecule has 0 atom stereocenters. The molecule has 0 saturated carbocycles. The fourth-order valence-corrected chi connectivity index (χ4v) is 1.16. The molecule has 0 spiro atoms. The molecule has 0 aromatic rings. The van der Waals surface area contributed by atoms with Gasteiger partial charge in [0.05, 0.1) is 11.4 Å². The topological polar surface area (TPSA) is 47.7 Å². The monoisotopic (exact) mass is 162 g/mol. The zero-order valence-electron chi connectivity index (χ0n) is 7.73. The number of rotatable bonds is 0. The molecule has 0 heterocycles. The van der Waals surface area contributed by atoms with Crippen LogP contribution >= 0.6 is 0 Å². The summed E-state index contributed by atoms with van der Waals surface area (Å²) in [5.74, 6) is 0. The van der Waals surface area contributed by atoms with Gasteiger partial charge in [0.2, 0.25) is 0 Å². The molecular weight excluding hydrogens is 148 g/mol. The third kappa shape index (κ3) is 1.70. The van der Waals surface area contributed by atoms with Gasteiger partial charge in [-0.15, -0.1) is 0 Å². The van der Waals surface area contributed by atoms with E-state index < -0.39 is 0 Å². The Labute approximate surface area is 73.0 Å². The van der Waals surface area contributed by atoms with E-state index in [0.29, 0.717) is 11.4 Å². The smallest absolute Gasteiger partial charge is 0.0578 e. The second-order valence-electron chi connectivity index (χ2n) is 4.01. The second-order valence-corrected chi connectivity index (χ2v) is 4.01. The predicted octanol–water partition coefficient (Wildman–Crippen LogP) is 2.57. The first-order valence-electron chi connectivity index (χ1n) is 3.99. The second kappa shape index (κ2) is 2.70. The standard InChI is InChI=1S/C10H14N2/c1-10(2,3)8-6-7(11)4-5-9(8)12/h4-6,11-12H,1-3H3. The minimum absolute atomic E-state index is 0.0336. The number of hydrogen-bond acceptors (Lipinski definition) is 2. The lowest BCUT2D eigenvalue weighted by Crippen LogP contribution is -2.19. The van der Waals surface area contributed by atoms with Gasteiger partial charge in [-0.3, -0.25) is 0 Å². The van der Waals surface area contributed by atoms with E-state index in [-0.39, 0.29) is 5.41 Å². The minimum atomic E-state index is -0.0336. The average Bonchev–Trinajstić information content (AvgIpc) is 1.92. The Balaban J connectivity index is 3.05. The summed E-state index contributed by atoms with van der Waals surface area (Å²) >= 11 is 0. The van der Waals surface area contributed by atoms with Crippen LogP contribution < -0.4 is 0 Å². The van der Waals surface area contributed by atoms with Gasteiger partial charge in [-0.1, -0.05) is 20.8 Å². The van der Waals surface area contributed by atoms with Crippen molar-refractivity contribution in [2.75, 3.05) is 0 Å². The molecule has 0 fully saturated rings. The van der Waals surface area contributed by atoms with Crippen LogP contribution in [-0.2, 0) is 0 Å². The zero-order chi connectivity index (χ0) is 9.35. The van der Waals surface area contributed by atoms with E-state index in [2.05, 4.69) is 20.8 Å². The van der Waals surface area contributed by atoms with Crippen LogP contribution in [0.25, 0.3) is 0 Å². The first-order valence-corrected chi connectivity index (χ1v) is 3.99. The molecule has 1 rings (SSSR count). The molecular formula is C10H14N2. The molecule has 2 N–H and O–H groups in total. The van der Waals surface area contributed by atoms with Crippen molar-refractivity contribution in [2.24, 2.45) is 5.41 Å². The van der Waals surface area contributed by atoms with Crippen molar-refractivity contribution in [2.45, 2.75) is 20.8 Å². The Morgan fingerprint density at radius 3 is 2.08 bits per heavy atom. The Hall–Kier alpha value is -1.18. The van der Waals surface area contributed by atoms with Crippen molar-refractivity contribution in [1.82, 2.24) is 0 Å². The van der Waals surface area contributed by atoms with Crippen molar-refractivity contribution in [3.8, 4) is 0 Å². The van der Waals surface area contributed by atoms with Crippen molar-refractivity contribution in [1.29, 1.82) is 10.8 Å². The number of nitrogens with one attached hydrogen (secondary N) is 2. The summed E-state index contributed by atoms with van der Waals surface area (Å²) in [6.07, 6.45) is 5.10. The molecule has 0 unspecified atom stereocenters. The van der Waals surface area contributed by atoms with Gasteiger partial charge in [-0.2, -0.15) is 0 Å². The highest BCUT2D eigenvalue weighted by Gasteiger charge is 2.21. The van der Waals surface area contributed by atoms with Crippen molar-refractivity contribution >= 4 is 11.4 Å². The molecule has 1 aliphatic carbocycles. The third-order valence-corrected chi connectivity index (χ3v) is 1.83. The zero-order valence-corrected chi connectivity index (χ0v) is 7.73. The maximum absolute atomic E-state index is 7.64. The Bertz CT molecular complexity index is 287. The highest BCUT2D eigenvalue weighted by Crippen LogP contribution is 2.27. The van der Waals surface area contributed by atoms with Crippen LogP contribution in [0.3, 0.4) is 0 Å². The molecule has 64 valence electrons. The maximum atomic E-state index is 7.64. The quantitative estimate of drug-likeness (QED) is 0.514. The van der Waals surface area contributed by atoms with E-state index in [9.17, 15) is 0 Å². The summed E-state index contributed by atoms with van der Waals surface area (Å²) in [5.41, 5.74) is 1.91. The molecule has 2 heteroatoms. The van der Waals surface area contributed by atoms with E-state index in [0.717, 1.165) is 5.57 Å². The first-order chi connectivity index (χ1) is 5.41.